The van der Waals surface area contributed by atoms with Crippen molar-refractivity contribution in [3.63, 3.8) is 0 Å². The normalized spacial score (nSPS) is 15.2. The van der Waals surface area contributed by atoms with Crippen LogP contribution in [0.2, 0.25) is 0 Å². The summed E-state index contributed by atoms with van der Waals surface area (Å²) in [6.45, 7) is 18.9. The highest BCUT2D eigenvalue weighted by Crippen LogP contribution is 2.36. The van der Waals surface area contributed by atoms with E-state index < -0.39 is 0 Å². The molecule has 0 bridgehead atoms. The van der Waals surface area contributed by atoms with Crippen molar-refractivity contribution in [2.75, 3.05) is 18.4 Å². The van der Waals surface area contributed by atoms with Gasteiger partial charge in [-0.1, -0.05) is 56.8 Å². The number of aliphatic imine (C=N–C) groups is 1. The number of benzene rings is 2. The number of nitrogens with one attached hydrogen (secondary N) is 1. The maximum absolute atomic E-state index is 4.72. The van der Waals surface area contributed by atoms with Crippen LogP contribution in [0, 0.1) is 13.8 Å². The zero-order chi connectivity index (χ0) is 23.5. The van der Waals surface area contributed by atoms with Gasteiger partial charge in [0.1, 0.15) is 0 Å². The summed E-state index contributed by atoms with van der Waals surface area (Å²) in [5, 5.41) is 3.55. The number of hydrogen-bond donors (Lipinski definition) is 1. The van der Waals surface area contributed by atoms with Crippen molar-refractivity contribution in [1.82, 2.24) is 4.90 Å². The number of aryl methyl sites for hydroxylation is 1. The van der Waals surface area contributed by atoms with Gasteiger partial charge in [0.05, 0.1) is 11.7 Å². The van der Waals surface area contributed by atoms with Crippen LogP contribution in [0.3, 0.4) is 0 Å². The summed E-state index contributed by atoms with van der Waals surface area (Å²) in [5.74, 6) is 1.09. The lowest BCUT2D eigenvalue weighted by Gasteiger charge is -2.31. The Labute approximate surface area is 196 Å². The first-order valence-electron chi connectivity index (χ1n) is 12.1. The van der Waals surface area contributed by atoms with E-state index in [9.17, 15) is 0 Å². The lowest BCUT2D eigenvalue weighted by molar-refractivity contribution is 0.289. The van der Waals surface area contributed by atoms with E-state index in [0.29, 0.717) is 0 Å². The lowest BCUT2D eigenvalue weighted by Crippen LogP contribution is -2.31. The number of allylic oxidation sites excluding steroid dienone is 2. The summed E-state index contributed by atoms with van der Waals surface area (Å²) in [7, 11) is 0. The third-order valence-corrected chi connectivity index (χ3v) is 6.07. The third-order valence-electron chi connectivity index (χ3n) is 6.07. The van der Waals surface area contributed by atoms with E-state index in [1.807, 2.05) is 27.0 Å². The van der Waals surface area contributed by atoms with E-state index in [1.54, 1.807) is 0 Å². The van der Waals surface area contributed by atoms with Gasteiger partial charge in [0.2, 0.25) is 0 Å². The first-order chi connectivity index (χ1) is 15.5. The maximum Gasteiger partial charge on any atom is 0.0983 e. The molecule has 3 heteroatoms. The van der Waals surface area contributed by atoms with Crippen molar-refractivity contribution >= 4 is 11.9 Å². The molecule has 2 aromatic rings. The van der Waals surface area contributed by atoms with Crippen LogP contribution in [-0.4, -0.2) is 24.2 Å². The van der Waals surface area contributed by atoms with Crippen LogP contribution in [0.15, 0.2) is 71.6 Å². The third kappa shape index (κ3) is 6.35. The first kappa shape index (κ1) is 25.5. The fourth-order valence-electron chi connectivity index (χ4n) is 4.27. The second-order valence-electron chi connectivity index (χ2n) is 8.07. The summed E-state index contributed by atoms with van der Waals surface area (Å²) in [6.07, 6.45) is 7.82. The Morgan fingerprint density at radius 3 is 2.38 bits per heavy atom. The van der Waals surface area contributed by atoms with E-state index >= 15 is 0 Å². The first-order valence-corrected chi connectivity index (χ1v) is 12.1. The van der Waals surface area contributed by atoms with Crippen molar-refractivity contribution in [1.29, 1.82) is 0 Å². The number of piperidine rings is 1. The van der Waals surface area contributed by atoms with Crippen LogP contribution in [0.25, 0.3) is 0 Å². The number of anilines is 1. The Kier molecular flexibility index (Phi) is 10.3. The van der Waals surface area contributed by atoms with Crippen molar-refractivity contribution in [2.24, 2.45) is 4.99 Å². The SMILES string of the molecule is C=C(Nc1cccc(C(/C(=C/C)N=CC)c2cccc(C)c2C)c1)N1CCCCC1.CC. The second kappa shape index (κ2) is 12.9. The fraction of sp³-hybridized carbons (Fsp3) is 0.414. The molecule has 0 aliphatic carbocycles. The highest BCUT2D eigenvalue weighted by atomic mass is 15.2. The van der Waals surface area contributed by atoms with Crippen molar-refractivity contribution in [2.45, 2.75) is 66.7 Å². The van der Waals surface area contributed by atoms with Crippen LogP contribution in [0.1, 0.15) is 75.1 Å². The van der Waals surface area contributed by atoms with Gasteiger partial charge in [-0.05, 0) is 81.3 Å². The van der Waals surface area contributed by atoms with Gasteiger partial charge in [-0.3, -0.25) is 4.99 Å². The summed E-state index contributed by atoms with van der Waals surface area (Å²) < 4.78 is 0. The molecule has 0 spiro atoms. The zero-order valence-electron chi connectivity index (χ0n) is 20.9. The minimum Gasteiger partial charge on any atom is -0.359 e. The molecule has 32 heavy (non-hydrogen) atoms. The molecule has 0 radical (unpaired) electrons. The van der Waals surface area contributed by atoms with Gasteiger partial charge in [-0.2, -0.15) is 0 Å². The zero-order valence-corrected chi connectivity index (χ0v) is 20.9. The lowest BCUT2D eigenvalue weighted by atomic mass is 9.84. The van der Waals surface area contributed by atoms with E-state index in [4.69, 9.17) is 4.99 Å². The fourth-order valence-corrected chi connectivity index (χ4v) is 4.27. The van der Waals surface area contributed by atoms with Gasteiger partial charge in [0.25, 0.3) is 0 Å². The molecule has 1 aliphatic rings. The quantitative estimate of drug-likeness (QED) is 0.452. The summed E-state index contributed by atoms with van der Waals surface area (Å²) in [6, 6.07) is 15.3. The monoisotopic (exact) mass is 431 g/mol. The maximum atomic E-state index is 4.72. The number of likely N-dealkylation sites (tertiary alicyclic amines) is 1. The molecule has 1 aliphatic heterocycles. The van der Waals surface area contributed by atoms with Crippen LogP contribution in [0.4, 0.5) is 5.69 Å². The summed E-state index contributed by atoms with van der Waals surface area (Å²) in [5.41, 5.74) is 7.32. The van der Waals surface area contributed by atoms with Gasteiger partial charge in [-0.15, -0.1) is 0 Å². The van der Waals surface area contributed by atoms with E-state index in [1.165, 1.54) is 41.5 Å². The Morgan fingerprint density at radius 1 is 1.03 bits per heavy atom. The van der Waals surface area contributed by atoms with Crippen molar-refractivity contribution < 1.29 is 0 Å². The molecule has 1 heterocycles. The molecule has 172 valence electrons. The van der Waals surface area contributed by atoms with E-state index in [2.05, 4.69) is 86.1 Å². The predicted octanol–water partition coefficient (Wildman–Crippen LogP) is 7.83. The Hall–Kier alpha value is -2.81. The number of nitrogens with zero attached hydrogens (tertiary/aromatic N) is 2. The molecule has 3 rings (SSSR count). The van der Waals surface area contributed by atoms with E-state index in [0.717, 1.165) is 30.3 Å². The summed E-state index contributed by atoms with van der Waals surface area (Å²) in [4.78, 5) is 7.08. The topological polar surface area (TPSA) is 27.6 Å². The molecule has 1 fully saturated rings. The van der Waals surface area contributed by atoms with Crippen molar-refractivity contribution in [3.05, 3.63) is 88.9 Å². The van der Waals surface area contributed by atoms with Crippen LogP contribution in [-0.2, 0) is 0 Å². The molecule has 1 N–H and O–H groups in total. The standard InChI is InChI=1S/C27H35N3.C2H6/c1-6-26(28-7-2)27(25-16-11-13-20(3)21(25)4)23-14-12-15-24(19-23)29-22(5)30-17-9-8-10-18-30;1-2/h6-7,11-16,19,27,29H,5,8-10,17-18H2,1-4H3;1-2H3/b26-6-,28-7?;. The molecule has 0 amide bonds. The molecular weight excluding hydrogens is 390 g/mol. The Morgan fingerprint density at radius 2 is 1.72 bits per heavy atom. The van der Waals surface area contributed by atoms with Crippen LogP contribution >= 0.6 is 0 Å². The smallest absolute Gasteiger partial charge is 0.0983 e. The molecule has 2 aromatic carbocycles. The molecule has 0 saturated carbocycles. The van der Waals surface area contributed by atoms with Gasteiger partial charge in [0.15, 0.2) is 0 Å². The van der Waals surface area contributed by atoms with Gasteiger partial charge < -0.3 is 10.2 Å². The molecular formula is C29H41N3. The minimum atomic E-state index is 0.0936. The van der Waals surface area contributed by atoms with E-state index in [-0.39, 0.29) is 5.92 Å². The highest BCUT2D eigenvalue weighted by Gasteiger charge is 2.21. The average molecular weight is 432 g/mol. The molecule has 3 nitrogen and oxygen atoms in total. The van der Waals surface area contributed by atoms with Crippen LogP contribution < -0.4 is 5.32 Å². The molecule has 0 aromatic heterocycles. The highest BCUT2D eigenvalue weighted by molar-refractivity contribution is 5.59. The molecule has 1 unspecified atom stereocenters. The van der Waals surface area contributed by atoms with Gasteiger partial charge in [-0.25, -0.2) is 0 Å². The largest absolute Gasteiger partial charge is 0.359 e. The Bertz CT molecular complexity index is 933. The number of rotatable bonds is 7. The second-order valence-corrected chi connectivity index (χ2v) is 8.07. The average Bonchev–Trinajstić information content (AvgIpc) is 2.83. The molecule has 1 atom stereocenters. The Balaban J connectivity index is 0.00000176. The summed E-state index contributed by atoms with van der Waals surface area (Å²) >= 11 is 0. The van der Waals surface area contributed by atoms with Gasteiger partial charge in [0, 0.05) is 30.7 Å². The molecule has 1 saturated heterocycles. The number of hydrogen-bond acceptors (Lipinski definition) is 3. The minimum absolute atomic E-state index is 0.0936. The van der Waals surface area contributed by atoms with Crippen LogP contribution in [0.5, 0.6) is 0 Å². The van der Waals surface area contributed by atoms with Gasteiger partial charge >= 0.3 is 0 Å². The predicted molar refractivity (Wildman–Crippen MR) is 142 cm³/mol. The van der Waals surface area contributed by atoms with Crippen molar-refractivity contribution in [3.8, 4) is 0 Å².